The van der Waals surface area contributed by atoms with Gasteiger partial charge < -0.3 is 33.6 Å². The molecule has 0 spiro atoms. The number of piperidine rings is 1. The summed E-state index contributed by atoms with van der Waals surface area (Å²) < 4.78 is 29.0. The third-order valence-corrected chi connectivity index (χ3v) is 6.93. The average molecular weight is 559 g/mol. The molecule has 1 fully saturated rings. The van der Waals surface area contributed by atoms with Crippen LogP contribution < -0.4 is 19.5 Å². The Morgan fingerprint density at radius 2 is 1.95 bits per heavy atom. The van der Waals surface area contributed by atoms with Crippen LogP contribution in [-0.2, 0) is 9.53 Å². The van der Waals surface area contributed by atoms with Gasteiger partial charge in [0, 0.05) is 63.1 Å². The van der Waals surface area contributed by atoms with E-state index in [1.54, 1.807) is 25.4 Å². The van der Waals surface area contributed by atoms with Crippen LogP contribution in [0.5, 0.6) is 17.2 Å². The number of benzene rings is 2. The number of methoxy groups -OCH3 is 2. The number of furan rings is 1. The first-order valence-electron chi connectivity index (χ1n) is 13.6. The molecule has 10 heteroatoms. The molecule has 1 aliphatic heterocycles. The Bertz CT molecular complexity index is 1480. The minimum absolute atomic E-state index is 0.0595. The lowest BCUT2D eigenvalue weighted by Crippen LogP contribution is -2.41. The monoisotopic (exact) mass is 558 g/mol. The van der Waals surface area contributed by atoms with Crippen LogP contribution in [0.4, 0.5) is 11.5 Å². The number of anilines is 2. The van der Waals surface area contributed by atoms with Crippen LogP contribution in [0.25, 0.3) is 22.2 Å². The van der Waals surface area contributed by atoms with Crippen LogP contribution in [0.1, 0.15) is 19.3 Å². The van der Waals surface area contributed by atoms with Crippen molar-refractivity contribution in [2.75, 3.05) is 45.8 Å². The second-order valence-electron chi connectivity index (χ2n) is 9.60. The van der Waals surface area contributed by atoms with Crippen molar-refractivity contribution in [3.8, 4) is 28.6 Å². The fraction of sp³-hybridized carbons (Fsp3) is 0.323. The molecule has 0 atom stereocenters. The van der Waals surface area contributed by atoms with E-state index >= 15 is 0 Å². The van der Waals surface area contributed by atoms with Gasteiger partial charge in [0.1, 0.15) is 29.8 Å². The van der Waals surface area contributed by atoms with E-state index in [0.29, 0.717) is 67.7 Å². The van der Waals surface area contributed by atoms with Gasteiger partial charge in [-0.15, -0.1) is 0 Å². The van der Waals surface area contributed by atoms with Crippen molar-refractivity contribution in [3.63, 3.8) is 0 Å². The number of carbonyl (C=O) groups is 1. The summed E-state index contributed by atoms with van der Waals surface area (Å²) in [6.45, 7) is 5.86. The molecule has 0 aliphatic carbocycles. The lowest BCUT2D eigenvalue weighted by molar-refractivity contribution is -0.127. The lowest BCUT2D eigenvalue weighted by Gasteiger charge is -2.32. The van der Waals surface area contributed by atoms with E-state index in [1.807, 2.05) is 42.5 Å². The highest BCUT2D eigenvalue weighted by atomic mass is 16.5. The predicted octanol–water partition coefficient (Wildman–Crippen LogP) is 5.61. The smallest absolute Gasteiger partial charge is 0.245 e. The van der Waals surface area contributed by atoms with Gasteiger partial charge >= 0.3 is 0 Å². The van der Waals surface area contributed by atoms with Gasteiger partial charge in [0.2, 0.25) is 5.91 Å². The number of hydrogen-bond donors (Lipinski definition) is 1. The number of aromatic nitrogens is 2. The summed E-state index contributed by atoms with van der Waals surface area (Å²) in [6, 6.07) is 13.3. The first-order chi connectivity index (χ1) is 20.1. The maximum absolute atomic E-state index is 12.0. The first-order valence-corrected chi connectivity index (χ1v) is 13.6. The van der Waals surface area contributed by atoms with Crippen molar-refractivity contribution < 1.29 is 28.2 Å². The minimum Gasteiger partial charge on any atom is -0.495 e. The largest absolute Gasteiger partial charge is 0.495 e. The Morgan fingerprint density at radius 1 is 1.10 bits per heavy atom. The van der Waals surface area contributed by atoms with E-state index in [-0.39, 0.29) is 12.0 Å². The molecule has 10 nitrogen and oxygen atoms in total. The van der Waals surface area contributed by atoms with Crippen molar-refractivity contribution in [2.45, 2.75) is 25.4 Å². The van der Waals surface area contributed by atoms with Crippen molar-refractivity contribution in [3.05, 3.63) is 67.7 Å². The average Bonchev–Trinajstić information content (AvgIpc) is 3.55. The second-order valence-corrected chi connectivity index (χ2v) is 9.60. The van der Waals surface area contributed by atoms with Gasteiger partial charge in [-0.2, -0.15) is 0 Å². The number of rotatable bonds is 12. The summed E-state index contributed by atoms with van der Waals surface area (Å²) in [5.74, 6) is 3.12. The Hall–Kier alpha value is -4.57. The van der Waals surface area contributed by atoms with Crippen molar-refractivity contribution >= 4 is 28.3 Å². The summed E-state index contributed by atoms with van der Waals surface area (Å²) in [5.41, 5.74) is 2.32. The number of nitrogens with one attached hydrogen (secondary N) is 1. The zero-order chi connectivity index (χ0) is 28.6. The number of nitrogens with zero attached hydrogens (tertiary/aromatic N) is 3. The molecular weight excluding hydrogens is 524 g/mol. The van der Waals surface area contributed by atoms with Gasteiger partial charge in [-0.25, -0.2) is 9.97 Å². The third-order valence-electron chi connectivity index (χ3n) is 6.93. The van der Waals surface area contributed by atoms with Crippen LogP contribution in [0, 0.1) is 0 Å². The van der Waals surface area contributed by atoms with Gasteiger partial charge in [-0.3, -0.25) is 4.79 Å². The van der Waals surface area contributed by atoms with E-state index in [4.69, 9.17) is 23.4 Å². The van der Waals surface area contributed by atoms with Gasteiger partial charge in [-0.05, 0) is 42.5 Å². The maximum atomic E-state index is 12.0. The molecule has 4 aromatic rings. The Balaban J connectivity index is 1.46. The Kier molecular flexibility index (Phi) is 9.00. The van der Waals surface area contributed by atoms with Crippen LogP contribution >= 0.6 is 0 Å². The standard InChI is InChI=1S/C31H34N4O6/c1-4-30(36)35-12-10-22(11-13-35)41-29-18-23-24(19-28(29)40-16-6-14-37-2)32-20-33-31(23)34-25-17-21(8-9-27(25)38-3)26-7-5-15-39-26/h4-5,7-9,15,17-20,22H,1,6,10-14,16H2,2-3H3,(H,32,33,34). The highest BCUT2D eigenvalue weighted by Gasteiger charge is 2.24. The van der Waals surface area contributed by atoms with Crippen molar-refractivity contribution in [1.82, 2.24) is 14.9 Å². The Morgan fingerprint density at radius 3 is 2.68 bits per heavy atom. The van der Waals surface area contributed by atoms with E-state index in [0.717, 1.165) is 28.8 Å². The summed E-state index contributed by atoms with van der Waals surface area (Å²) >= 11 is 0. The molecule has 41 heavy (non-hydrogen) atoms. The highest BCUT2D eigenvalue weighted by molar-refractivity contribution is 5.93. The van der Waals surface area contributed by atoms with Crippen LogP contribution in [0.15, 0.2) is 72.1 Å². The van der Waals surface area contributed by atoms with Gasteiger partial charge in [-0.1, -0.05) is 6.58 Å². The first kappa shape index (κ1) is 28.0. The van der Waals surface area contributed by atoms with Gasteiger partial charge in [0.05, 0.1) is 31.2 Å². The summed E-state index contributed by atoms with van der Waals surface area (Å²) in [6.07, 6.45) is 6.57. The van der Waals surface area contributed by atoms with E-state index in [1.165, 1.54) is 12.4 Å². The molecule has 2 aromatic heterocycles. The number of fused-ring (bicyclic) bond motifs is 1. The molecule has 1 saturated heterocycles. The topological polar surface area (TPSA) is 108 Å². The minimum atomic E-state index is -0.0752. The molecule has 0 bridgehead atoms. The second kappa shape index (κ2) is 13.2. The molecule has 0 unspecified atom stereocenters. The molecule has 0 radical (unpaired) electrons. The van der Waals surface area contributed by atoms with Gasteiger partial charge in [0.15, 0.2) is 11.5 Å². The summed E-state index contributed by atoms with van der Waals surface area (Å²) in [4.78, 5) is 22.9. The SMILES string of the molecule is C=CC(=O)N1CCC(Oc2cc3c(Nc4cc(-c5ccco5)ccc4OC)ncnc3cc2OCCCOC)CC1. The quantitative estimate of drug-likeness (QED) is 0.175. The molecule has 214 valence electrons. The molecule has 0 saturated carbocycles. The van der Waals surface area contributed by atoms with Crippen LogP contribution in [-0.4, -0.2) is 67.4 Å². The number of ether oxygens (including phenoxy) is 4. The number of hydrogen-bond acceptors (Lipinski definition) is 9. The fourth-order valence-corrected chi connectivity index (χ4v) is 4.79. The number of amides is 1. The van der Waals surface area contributed by atoms with Crippen LogP contribution in [0.2, 0.25) is 0 Å². The van der Waals surface area contributed by atoms with E-state index in [2.05, 4.69) is 21.9 Å². The highest BCUT2D eigenvalue weighted by Crippen LogP contribution is 2.38. The van der Waals surface area contributed by atoms with Gasteiger partial charge in [0.25, 0.3) is 0 Å². The predicted molar refractivity (Wildman–Crippen MR) is 156 cm³/mol. The molecule has 1 aliphatic rings. The number of likely N-dealkylation sites (tertiary alicyclic amines) is 1. The fourth-order valence-electron chi connectivity index (χ4n) is 4.79. The van der Waals surface area contributed by atoms with Crippen molar-refractivity contribution in [2.24, 2.45) is 0 Å². The van der Waals surface area contributed by atoms with Crippen molar-refractivity contribution in [1.29, 1.82) is 0 Å². The third kappa shape index (κ3) is 6.60. The summed E-state index contributed by atoms with van der Waals surface area (Å²) in [7, 11) is 3.29. The molecule has 2 aromatic carbocycles. The zero-order valence-corrected chi connectivity index (χ0v) is 23.3. The normalized spacial score (nSPS) is 13.7. The number of carbonyl (C=O) groups excluding carboxylic acids is 1. The Labute approximate surface area is 238 Å². The maximum Gasteiger partial charge on any atom is 0.245 e. The molecule has 1 N–H and O–H groups in total. The summed E-state index contributed by atoms with van der Waals surface area (Å²) in [5, 5.41) is 4.18. The van der Waals surface area contributed by atoms with Crippen LogP contribution in [0.3, 0.4) is 0 Å². The molecule has 5 rings (SSSR count). The molecule has 3 heterocycles. The molecule has 1 amide bonds. The molecular formula is C31H34N4O6. The van der Waals surface area contributed by atoms with E-state index < -0.39 is 0 Å². The lowest BCUT2D eigenvalue weighted by atomic mass is 10.1. The van der Waals surface area contributed by atoms with E-state index in [9.17, 15) is 4.79 Å². The zero-order valence-electron chi connectivity index (χ0n) is 23.3.